The summed E-state index contributed by atoms with van der Waals surface area (Å²) in [6.07, 6.45) is -0.902. The molecule has 3 aliphatic rings. The van der Waals surface area contributed by atoms with E-state index in [9.17, 15) is 42.5 Å². The second-order valence-corrected chi connectivity index (χ2v) is 17.2. The highest BCUT2D eigenvalue weighted by Crippen LogP contribution is 2.45. The first-order valence-corrected chi connectivity index (χ1v) is 18.1. The number of alkyl carbamates (subject to hydrolysis) is 1. The Bertz CT molecular complexity index is 1730. The van der Waals surface area contributed by atoms with Crippen molar-refractivity contribution in [3.63, 3.8) is 0 Å². The Hall–Kier alpha value is -4.74. The van der Waals surface area contributed by atoms with Gasteiger partial charge >= 0.3 is 12.2 Å². The van der Waals surface area contributed by atoms with Crippen LogP contribution in [0.5, 0.6) is 0 Å². The Morgan fingerprint density at radius 3 is 2.27 bits per heavy atom. The average molecular weight is 735 g/mol. The molecule has 1 unspecified atom stereocenters. The number of hydrogen-bond donors (Lipinski definition) is 4. The molecule has 1 saturated heterocycles. The van der Waals surface area contributed by atoms with Crippen molar-refractivity contribution in [3.05, 3.63) is 46.5 Å². The summed E-state index contributed by atoms with van der Waals surface area (Å²) in [5.74, 6) is -3.06. The van der Waals surface area contributed by atoms with Gasteiger partial charge in [-0.1, -0.05) is 32.9 Å². The number of anilines is 1. The van der Waals surface area contributed by atoms with Crippen LogP contribution in [0.15, 0.2) is 30.9 Å². The molecule has 280 valence electrons. The van der Waals surface area contributed by atoms with Crippen molar-refractivity contribution in [2.24, 2.45) is 11.3 Å². The first-order chi connectivity index (χ1) is 23.5. The number of nitrogens with zero attached hydrogens (tertiary/aromatic N) is 2. The fourth-order valence-electron chi connectivity index (χ4n) is 5.78. The number of likely N-dealkylation sites (tertiary alicyclic amines) is 1. The van der Waals surface area contributed by atoms with E-state index in [1.54, 1.807) is 48.5 Å². The van der Waals surface area contributed by atoms with Gasteiger partial charge in [0.15, 0.2) is 0 Å². The standard InChI is InChI=1S/C33H46N6O11S/c1-9-19-16-33(19,28(42)37-51(47,48)22-12-13-22)36-26(40)24-15-21(49-29(43)34-23-14-20(39(45)46)11-10-18(23)2)17-38(24)27(41)25(31(3,4)5)35-30(44)50-32(6,7)8/h9-11,14,19,21-22,24-25H,1,12-13,15-17H2,2-8H3,(H,34,43)(H,35,44)(H,36,40)(H,37,42)/t19?,21-,24+,25-,33-/m1/s1. The van der Waals surface area contributed by atoms with Gasteiger partial charge in [0.05, 0.1) is 22.4 Å². The Morgan fingerprint density at radius 2 is 1.75 bits per heavy atom. The van der Waals surface area contributed by atoms with Crippen molar-refractivity contribution >= 4 is 51.3 Å². The van der Waals surface area contributed by atoms with E-state index in [0.717, 1.165) is 11.0 Å². The molecule has 1 aromatic carbocycles. The van der Waals surface area contributed by atoms with E-state index in [-0.39, 0.29) is 30.8 Å². The van der Waals surface area contributed by atoms with Crippen LogP contribution in [0.4, 0.5) is 21.0 Å². The lowest BCUT2D eigenvalue weighted by atomic mass is 9.85. The molecule has 2 aliphatic carbocycles. The largest absolute Gasteiger partial charge is 0.444 e. The van der Waals surface area contributed by atoms with E-state index < -0.39 is 90.8 Å². The molecular formula is C33H46N6O11S. The molecule has 17 nitrogen and oxygen atoms in total. The lowest BCUT2D eigenvalue weighted by Crippen LogP contribution is -2.60. The Kier molecular flexibility index (Phi) is 10.8. The molecule has 4 N–H and O–H groups in total. The zero-order valence-electron chi connectivity index (χ0n) is 29.7. The van der Waals surface area contributed by atoms with Gasteiger partial charge in [0.2, 0.25) is 21.8 Å². The number of sulfonamides is 1. The summed E-state index contributed by atoms with van der Waals surface area (Å²) in [7, 11) is -3.95. The van der Waals surface area contributed by atoms with Gasteiger partial charge in [-0.15, -0.1) is 6.58 Å². The zero-order valence-corrected chi connectivity index (χ0v) is 30.5. The van der Waals surface area contributed by atoms with Crippen LogP contribution >= 0.6 is 0 Å². The maximum atomic E-state index is 14.3. The number of ether oxygens (including phenoxy) is 2. The van der Waals surface area contributed by atoms with Gasteiger partial charge in [-0.3, -0.25) is 34.5 Å². The fraction of sp³-hybridized carbons (Fsp3) is 0.606. The molecule has 18 heteroatoms. The molecule has 4 rings (SSSR count). The van der Waals surface area contributed by atoms with Crippen LogP contribution in [0.1, 0.15) is 72.8 Å². The normalized spacial score (nSPS) is 23.7. The highest BCUT2D eigenvalue weighted by atomic mass is 32.2. The van der Waals surface area contributed by atoms with Gasteiger partial charge in [0, 0.05) is 24.5 Å². The lowest BCUT2D eigenvalue weighted by molar-refractivity contribution is -0.384. The summed E-state index contributed by atoms with van der Waals surface area (Å²) in [6, 6.07) is 1.32. The summed E-state index contributed by atoms with van der Waals surface area (Å²) in [5, 5.41) is 18.3. The first-order valence-electron chi connectivity index (χ1n) is 16.5. The summed E-state index contributed by atoms with van der Waals surface area (Å²) in [5.41, 5.74) is -3.09. The van der Waals surface area contributed by atoms with Gasteiger partial charge in [-0.25, -0.2) is 18.0 Å². The van der Waals surface area contributed by atoms with Crippen LogP contribution in [0.3, 0.4) is 0 Å². The van der Waals surface area contributed by atoms with Crippen molar-refractivity contribution in [1.82, 2.24) is 20.3 Å². The minimum Gasteiger partial charge on any atom is -0.444 e. The SMILES string of the molecule is C=CC1C[C@]1(NC(=O)[C@@H]1C[C@@H](OC(=O)Nc2cc([N+](=O)[O-])ccc2C)CN1C(=O)[C@@H](NC(=O)OC(C)(C)C)C(C)(C)C)C(=O)NS(=O)(=O)C1CC1. The van der Waals surface area contributed by atoms with E-state index >= 15 is 0 Å². The lowest BCUT2D eigenvalue weighted by Gasteiger charge is -2.36. The Labute approximate surface area is 296 Å². The molecule has 2 saturated carbocycles. The van der Waals surface area contributed by atoms with Crippen LogP contribution < -0.4 is 20.7 Å². The maximum absolute atomic E-state index is 14.3. The molecule has 0 bridgehead atoms. The van der Waals surface area contributed by atoms with E-state index in [4.69, 9.17) is 9.47 Å². The monoisotopic (exact) mass is 734 g/mol. The number of amides is 5. The Morgan fingerprint density at radius 1 is 1.10 bits per heavy atom. The third-order valence-electron chi connectivity index (χ3n) is 8.81. The predicted molar refractivity (Wildman–Crippen MR) is 184 cm³/mol. The summed E-state index contributed by atoms with van der Waals surface area (Å²) < 4.78 is 38.2. The van der Waals surface area contributed by atoms with E-state index in [1.807, 2.05) is 0 Å². The topological polar surface area (TPSA) is 232 Å². The molecule has 0 aromatic heterocycles. The highest BCUT2D eigenvalue weighted by molar-refractivity contribution is 7.91. The van der Waals surface area contributed by atoms with Crippen molar-refractivity contribution in [3.8, 4) is 0 Å². The number of aryl methyl sites for hydroxylation is 1. The smallest absolute Gasteiger partial charge is 0.411 e. The van der Waals surface area contributed by atoms with Crippen LogP contribution in [-0.2, 0) is 33.9 Å². The van der Waals surface area contributed by atoms with Gasteiger partial charge in [-0.2, -0.15) is 0 Å². The van der Waals surface area contributed by atoms with E-state index in [0.29, 0.717) is 18.4 Å². The van der Waals surface area contributed by atoms with Gasteiger partial charge in [0.1, 0.15) is 29.3 Å². The number of benzene rings is 1. The Balaban J connectivity index is 1.60. The van der Waals surface area contributed by atoms with Crippen LogP contribution in [0, 0.1) is 28.4 Å². The summed E-state index contributed by atoms with van der Waals surface area (Å²) >= 11 is 0. The molecule has 1 aliphatic heterocycles. The van der Waals surface area contributed by atoms with E-state index in [1.165, 1.54) is 18.2 Å². The minimum absolute atomic E-state index is 0.0602. The molecular weight excluding hydrogens is 688 g/mol. The number of carbonyl (C=O) groups is 5. The quantitative estimate of drug-likeness (QED) is 0.147. The van der Waals surface area contributed by atoms with Crippen LogP contribution in [0.25, 0.3) is 0 Å². The van der Waals surface area contributed by atoms with Crippen molar-refractivity contribution in [1.29, 1.82) is 0 Å². The van der Waals surface area contributed by atoms with Crippen molar-refractivity contribution in [2.45, 2.75) is 109 Å². The second-order valence-electron chi connectivity index (χ2n) is 15.3. The third kappa shape index (κ3) is 9.33. The first kappa shape index (κ1) is 39.1. The number of nitro groups is 1. The van der Waals surface area contributed by atoms with Gasteiger partial charge in [-0.05, 0) is 57.9 Å². The van der Waals surface area contributed by atoms with Gasteiger partial charge in [0.25, 0.3) is 11.6 Å². The number of non-ortho nitro benzene ring substituents is 1. The number of hydrogen-bond acceptors (Lipinski definition) is 11. The maximum Gasteiger partial charge on any atom is 0.411 e. The molecule has 0 spiro atoms. The predicted octanol–water partition coefficient (Wildman–Crippen LogP) is 3.03. The number of nitro benzene ring substituents is 1. The molecule has 1 heterocycles. The second kappa shape index (κ2) is 14.1. The molecule has 5 atom stereocenters. The molecule has 1 aromatic rings. The third-order valence-corrected chi connectivity index (χ3v) is 10.6. The van der Waals surface area contributed by atoms with Gasteiger partial charge < -0.3 is 25.0 Å². The average Bonchev–Trinajstić information content (AvgIpc) is 3.92. The number of carbonyl (C=O) groups excluding carboxylic acids is 5. The molecule has 5 amide bonds. The molecule has 0 radical (unpaired) electrons. The highest BCUT2D eigenvalue weighted by Gasteiger charge is 2.62. The number of nitrogens with one attached hydrogen (secondary N) is 4. The van der Waals surface area contributed by atoms with Crippen molar-refractivity contribution in [2.75, 3.05) is 11.9 Å². The van der Waals surface area contributed by atoms with Crippen LogP contribution in [-0.4, -0.2) is 89.3 Å². The van der Waals surface area contributed by atoms with E-state index in [2.05, 4.69) is 27.3 Å². The molecule has 3 fully saturated rings. The zero-order chi connectivity index (χ0) is 38.3. The van der Waals surface area contributed by atoms with Crippen molar-refractivity contribution < 1.29 is 46.8 Å². The summed E-state index contributed by atoms with van der Waals surface area (Å²) in [6.45, 7) is 15.1. The molecule has 51 heavy (non-hydrogen) atoms. The minimum atomic E-state index is -3.95. The summed E-state index contributed by atoms with van der Waals surface area (Å²) in [4.78, 5) is 79.3. The number of rotatable bonds is 11. The van der Waals surface area contributed by atoms with Crippen LogP contribution in [0.2, 0.25) is 0 Å². The fourth-order valence-corrected chi connectivity index (χ4v) is 7.15.